The number of hydrogen-bond donors (Lipinski definition) is 2. The van der Waals surface area contributed by atoms with Crippen LogP contribution in [-0.4, -0.2) is 10.8 Å². The number of nitrogens with zero attached hydrogens (tertiary/aromatic N) is 1. The minimum Gasteiger partial charge on any atom is -0.507 e. The van der Waals surface area contributed by atoms with Gasteiger partial charge in [0.15, 0.2) is 0 Å². The second-order valence-electron chi connectivity index (χ2n) is 7.94. The fourth-order valence-electron chi connectivity index (χ4n) is 3.76. The van der Waals surface area contributed by atoms with Crippen LogP contribution in [0.3, 0.4) is 0 Å². The van der Waals surface area contributed by atoms with Gasteiger partial charge < -0.3 is 14.8 Å². The molecule has 8 heteroatoms. The van der Waals surface area contributed by atoms with Crippen molar-refractivity contribution in [3.05, 3.63) is 86.5 Å². The first kappa shape index (κ1) is 21.7. The molecular weight excluding hydrogens is 421 g/mol. The van der Waals surface area contributed by atoms with Crippen LogP contribution in [0, 0.1) is 20.8 Å². The van der Waals surface area contributed by atoms with E-state index in [4.69, 9.17) is 4.42 Å². The molecule has 0 amide bonds. The molecule has 2 aromatic carbocycles. The highest BCUT2D eigenvalue weighted by atomic mass is 19.4. The molecule has 2 heterocycles. The van der Waals surface area contributed by atoms with Gasteiger partial charge in [-0.15, -0.1) is 0 Å². The lowest BCUT2D eigenvalue weighted by Gasteiger charge is -2.20. The maximum Gasteiger partial charge on any atom is 0.416 e. The number of nitrogens with one attached hydrogen (secondary N) is 1. The minimum atomic E-state index is -4.43. The van der Waals surface area contributed by atoms with E-state index in [1.165, 1.54) is 18.2 Å². The Morgan fingerprint density at radius 1 is 1.06 bits per heavy atom. The van der Waals surface area contributed by atoms with Crippen LogP contribution in [0.25, 0.3) is 0 Å². The molecule has 0 fully saturated rings. The van der Waals surface area contributed by atoms with Crippen LogP contribution in [0.4, 0.5) is 24.5 Å². The summed E-state index contributed by atoms with van der Waals surface area (Å²) in [4.78, 5) is 17.2. The molecule has 0 radical (unpaired) electrons. The monoisotopic (exact) mass is 442 g/mol. The number of benzene rings is 2. The summed E-state index contributed by atoms with van der Waals surface area (Å²) in [7, 11) is 0. The molecule has 1 aliphatic heterocycles. The van der Waals surface area contributed by atoms with Crippen LogP contribution in [0.1, 0.15) is 46.0 Å². The van der Waals surface area contributed by atoms with Gasteiger partial charge in [0.25, 0.3) is 0 Å². The number of hydrogen-bond acceptors (Lipinski definition) is 5. The predicted octanol–water partition coefficient (Wildman–Crippen LogP) is 5.97. The number of rotatable bonds is 2. The zero-order valence-electron chi connectivity index (χ0n) is 17.7. The van der Waals surface area contributed by atoms with Crippen LogP contribution < -0.4 is 10.9 Å². The summed E-state index contributed by atoms with van der Waals surface area (Å²) in [6.07, 6.45) is -4.28. The second-order valence-corrected chi connectivity index (χ2v) is 7.94. The molecule has 0 spiro atoms. The zero-order valence-corrected chi connectivity index (χ0v) is 17.7. The van der Waals surface area contributed by atoms with Crippen molar-refractivity contribution in [1.82, 2.24) is 0 Å². The highest BCUT2D eigenvalue weighted by Gasteiger charge is 2.31. The highest BCUT2D eigenvalue weighted by Crippen LogP contribution is 2.38. The smallest absolute Gasteiger partial charge is 0.416 e. The zero-order chi connectivity index (χ0) is 23.2. The first-order chi connectivity index (χ1) is 15.0. The summed E-state index contributed by atoms with van der Waals surface area (Å²) < 4.78 is 44.2. The number of fused-ring (bicyclic) bond motifs is 1. The summed E-state index contributed by atoms with van der Waals surface area (Å²) >= 11 is 0. The van der Waals surface area contributed by atoms with Gasteiger partial charge in [0, 0.05) is 12.5 Å². The van der Waals surface area contributed by atoms with Gasteiger partial charge in [-0.25, -0.2) is 4.79 Å². The van der Waals surface area contributed by atoms with Crippen LogP contribution in [0.15, 0.2) is 56.7 Å². The number of aryl methyl sites for hydroxylation is 3. The molecule has 2 N–H and O–H groups in total. The lowest BCUT2D eigenvalue weighted by Crippen LogP contribution is -2.20. The molecular formula is C24H21F3N2O3. The van der Waals surface area contributed by atoms with Gasteiger partial charge >= 0.3 is 11.8 Å². The summed E-state index contributed by atoms with van der Waals surface area (Å²) in [5.74, 6) is 0.00529. The van der Waals surface area contributed by atoms with E-state index >= 15 is 0 Å². The lowest BCUT2D eigenvalue weighted by molar-refractivity contribution is -0.137. The Bertz CT molecular complexity index is 1280. The van der Waals surface area contributed by atoms with Gasteiger partial charge in [0.2, 0.25) is 0 Å². The molecule has 0 saturated heterocycles. The van der Waals surface area contributed by atoms with Crippen LogP contribution >= 0.6 is 0 Å². The van der Waals surface area contributed by atoms with Crippen molar-refractivity contribution in [3.8, 4) is 5.75 Å². The molecule has 4 rings (SSSR count). The average Bonchev–Trinajstić information content (AvgIpc) is 2.86. The Labute approximate surface area is 182 Å². The van der Waals surface area contributed by atoms with Crippen molar-refractivity contribution in [2.45, 2.75) is 39.4 Å². The molecule has 1 aromatic heterocycles. The predicted molar refractivity (Wildman–Crippen MR) is 116 cm³/mol. The highest BCUT2D eigenvalue weighted by molar-refractivity contribution is 6.05. The molecule has 1 aliphatic rings. The van der Waals surface area contributed by atoms with Gasteiger partial charge in [-0.2, -0.15) is 13.2 Å². The van der Waals surface area contributed by atoms with Crippen molar-refractivity contribution in [3.63, 3.8) is 0 Å². The van der Waals surface area contributed by atoms with Crippen molar-refractivity contribution < 1.29 is 22.7 Å². The molecule has 166 valence electrons. The van der Waals surface area contributed by atoms with E-state index in [9.17, 15) is 23.1 Å². The van der Waals surface area contributed by atoms with E-state index in [0.29, 0.717) is 16.9 Å². The number of alkyl halides is 3. The third kappa shape index (κ3) is 4.12. The van der Waals surface area contributed by atoms with Crippen LogP contribution in [-0.2, 0) is 6.18 Å². The molecule has 0 saturated carbocycles. The van der Waals surface area contributed by atoms with Gasteiger partial charge in [0.1, 0.15) is 17.1 Å². The molecule has 3 aromatic rings. The van der Waals surface area contributed by atoms with Crippen LogP contribution in [0.5, 0.6) is 5.75 Å². The normalized spacial score (nSPS) is 16.1. The molecule has 1 atom stereocenters. The SMILES string of the molecule is Cc1cc(O)c(C2=Nc3cc(C)c(C)cc3NC(c3ccc(C(F)(F)F)cc3)C2)c(=O)o1. The van der Waals surface area contributed by atoms with E-state index < -0.39 is 23.4 Å². The second kappa shape index (κ2) is 7.85. The number of aliphatic imine (C=N–C) groups is 1. The Morgan fingerprint density at radius 2 is 1.72 bits per heavy atom. The fraction of sp³-hybridized carbons (Fsp3) is 0.250. The molecule has 32 heavy (non-hydrogen) atoms. The standard InChI is InChI=1S/C24H21F3N2O3/c1-12-8-18-19(9-13(12)2)29-20(22-21(30)10-14(3)32-23(22)31)11-17(28-18)15-4-6-16(7-5-15)24(25,26)27/h4-10,17,28,30H,11H2,1-3H3. The maximum atomic E-state index is 13.0. The van der Waals surface area contributed by atoms with Crippen LogP contribution in [0.2, 0.25) is 0 Å². The number of anilines is 1. The maximum absolute atomic E-state index is 13.0. The molecule has 0 aliphatic carbocycles. The summed E-state index contributed by atoms with van der Waals surface area (Å²) in [5, 5.41) is 13.8. The number of aromatic hydroxyl groups is 1. The van der Waals surface area contributed by atoms with Crippen molar-refractivity contribution in [1.29, 1.82) is 0 Å². The third-order valence-electron chi connectivity index (χ3n) is 5.58. The fourth-order valence-corrected chi connectivity index (χ4v) is 3.76. The third-order valence-corrected chi connectivity index (χ3v) is 5.58. The molecule has 1 unspecified atom stereocenters. The summed E-state index contributed by atoms with van der Waals surface area (Å²) in [6.45, 7) is 5.43. The van der Waals surface area contributed by atoms with Crippen molar-refractivity contribution >= 4 is 17.1 Å². The average molecular weight is 442 g/mol. The van der Waals surface area contributed by atoms with Crippen molar-refractivity contribution in [2.75, 3.05) is 5.32 Å². The van der Waals surface area contributed by atoms with E-state index in [1.54, 1.807) is 6.92 Å². The van der Waals surface area contributed by atoms with Gasteiger partial charge in [0.05, 0.1) is 28.7 Å². The van der Waals surface area contributed by atoms with E-state index in [1.807, 2.05) is 26.0 Å². The van der Waals surface area contributed by atoms with Gasteiger partial charge in [-0.05, 0) is 61.7 Å². The van der Waals surface area contributed by atoms with Gasteiger partial charge in [-0.1, -0.05) is 12.1 Å². The molecule has 0 bridgehead atoms. The summed E-state index contributed by atoms with van der Waals surface area (Å²) in [5.41, 5.74) is 2.61. The van der Waals surface area contributed by atoms with Crippen molar-refractivity contribution in [2.24, 2.45) is 4.99 Å². The van der Waals surface area contributed by atoms with E-state index in [0.717, 1.165) is 23.3 Å². The summed E-state index contributed by atoms with van der Waals surface area (Å²) in [6, 6.07) is 9.48. The first-order valence-corrected chi connectivity index (χ1v) is 9.99. The Hall–Kier alpha value is -3.55. The lowest BCUT2D eigenvalue weighted by atomic mass is 9.96. The molecule has 5 nitrogen and oxygen atoms in total. The van der Waals surface area contributed by atoms with Gasteiger partial charge in [-0.3, -0.25) is 4.99 Å². The number of halogens is 3. The minimum absolute atomic E-state index is 0.0552. The first-order valence-electron chi connectivity index (χ1n) is 9.99. The Kier molecular flexibility index (Phi) is 5.32. The topological polar surface area (TPSA) is 74.8 Å². The Morgan fingerprint density at radius 3 is 2.34 bits per heavy atom. The largest absolute Gasteiger partial charge is 0.507 e. The van der Waals surface area contributed by atoms with E-state index in [-0.39, 0.29) is 29.2 Å². The van der Waals surface area contributed by atoms with E-state index in [2.05, 4.69) is 10.3 Å². The Balaban J connectivity index is 1.85. The quantitative estimate of drug-likeness (QED) is 0.513.